The van der Waals surface area contributed by atoms with Gasteiger partial charge >= 0.3 is 0 Å². The molecule has 1 N–H and O–H groups in total. The average molecular weight is 253 g/mol. The molecule has 1 heterocycles. The number of anilines is 1. The smallest absolute Gasteiger partial charge is 0.0702 e. The minimum atomic E-state index is 0.114. The van der Waals surface area contributed by atoms with Gasteiger partial charge in [-0.25, -0.2) is 0 Å². The van der Waals surface area contributed by atoms with Crippen LogP contribution in [0.25, 0.3) is 0 Å². The number of aliphatic hydroxyl groups excluding tert-OH is 1. The Hall–Kier alpha value is -1.80. The summed E-state index contributed by atoms with van der Waals surface area (Å²) in [6, 6.07) is 18.9. The number of hydrogen-bond acceptors (Lipinski definition) is 2. The lowest BCUT2D eigenvalue weighted by molar-refractivity contribution is 0.282. The summed E-state index contributed by atoms with van der Waals surface area (Å²) in [5.74, 6) is 0.605. The molecule has 98 valence electrons. The van der Waals surface area contributed by atoms with Crippen LogP contribution >= 0.6 is 0 Å². The van der Waals surface area contributed by atoms with E-state index in [0.717, 1.165) is 18.7 Å². The van der Waals surface area contributed by atoms with E-state index in [0.29, 0.717) is 5.92 Å². The Morgan fingerprint density at radius 3 is 2.53 bits per heavy atom. The molecule has 1 atom stereocenters. The first-order valence-electron chi connectivity index (χ1n) is 6.87. The first-order chi connectivity index (χ1) is 9.38. The molecule has 0 aliphatic carbocycles. The highest BCUT2D eigenvalue weighted by Crippen LogP contribution is 2.32. The summed E-state index contributed by atoms with van der Waals surface area (Å²) in [7, 11) is 0. The fourth-order valence-electron chi connectivity index (χ4n) is 2.93. The number of benzene rings is 2. The van der Waals surface area contributed by atoms with Gasteiger partial charge in [0.15, 0.2) is 0 Å². The van der Waals surface area contributed by atoms with Gasteiger partial charge in [-0.2, -0.15) is 0 Å². The minimum absolute atomic E-state index is 0.114. The SMILES string of the molecule is OCc1ccccc1N1CCC(c2ccccc2)C1. The summed E-state index contributed by atoms with van der Waals surface area (Å²) in [5, 5.41) is 9.44. The van der Waals surface area contributed by atoms with Crippen LogP contribution in [0.4, 0.5) is 5.69 Å². The molecular weight excluding hydrogens is 234 g/mol. The van der Waals surface area contributed by atoms with Crippen LogP contribution in [-0.4, -0.2) is 18.2 Å². The normalized spacial score (nSPS) is 18.8. The van der Waals surface area contributed by atoms with Gasteiger partial charge in [0.2, 0.25) is 0 Å². The molecule has 0 amide bonds. The molecule has 1 aliphatic rings. The Kier molecular flexibility index (Phi) is 3.51. The molecule has 1 fully saturated rings. The van der Waals surface area contributed by atoms with Gasteiger partial charge in [-0.1, -0.05) is 48.5 Å². The molecule has 0 bridgehead atoms. The monoisotopic (exact) mass is 253 g/mol. The number of para-hydroxylation sites is 1. The van der Waals surface area contributed by atoms with Gasteiger partial charge in [0.05, 0.1) is 6.61 Å². The van der Waals surface area contributed by atoms with E-state index in [4.69, 9.17) is 0 Å². The average Bonchev–Trinajstić information content (AvgIpc) is 2.98. The molecule has 0 radical (unpaired) electrons. The lowest BCUT2D eigenvalue weighted by atomic mass is 9.99. The molecule has 0 spiro atoms. The van der Waals surface area contributed by atoms with E-state index in [2.05, 4.69) is 41.3 Å². The van der Waals surface area contributed by atoms with Crippen LogP contribution in [0.3, 0.4) is 0 Å². The van der Waals surface area contributed by atoms with Crippen LogP contribution in [0.15, 0.2) is 54.6 Å². The second kappa shape index (κ2) is 5.45. The molecule has 0 aromatic heterocycles. The van der Waals surface area contributed by atoms with E-state index in [9.17, 15) is 5.11 Å². The second-order valence-corrected chi connectivity index (χ2v) is 5.13. The van der Waals surface area contributed by atoms with Crippen molar-refractivity contribution in [3.8, 4) is 0 Å². The predicted molar refractivity (Wildman–Crippen MR) is 78.4 cm³/mol. The van der Waals surface area contributed by atoms with Gasteiger partial charge < -0.3 is 10.0 Å². The Morgan fingerprint density at radius 1 is 1.00 bits per heavy atom. The lowest BCUT2D eigenvalue weighted by Crippen LogP contribution is -2.20. The molecule has 1 unspecified atom stereocenters. The van der Waals surface area contributed by atoms with Crippen LogP contribution in [0, 0.1) is 0 Å². The van der Waals surface area contributed by atoms with Gasteiger partial charge in [-0.3, -0.25) is 0 Å². The molecular formula is C17H19NO. The van der Waals surface area contributed by atoms with E-state index in [-0.39, 0.29) is 6.61 Å². The highest BCUT2D eigenvalue weighted by molar-refractivity contribution is 5.54. The molecule has 2 aromatic rings. The van der Waals surface area contributed by atoms with E-state index in [1.54, 1.807) is 0 Å². The number of rotatable bonds is 3. The highest BCUT2D eigenvalue weighted by atomic mass is 16.3. The van der Waals surface area contributed by atoms with Gasteiger partial charge in [-0.05, 0) is 18.1 Å². The zero-order valence-electron chi connectivity index (χ0n) is 11.0. The summed E-state index contributed by atoms with van der Waals surface area (Å²) in [6.45, 7) is 2.22. The van der Waals surface area contributed by atoms with Crippen molar-refractivity contribution in [3.63, 3.8) is 0 Å². The van der Waals surface area contributed by atoms with Crippen molar-refractivity contribution in [2.75, 3.05) is 18.0 Å². The van der Waals surface area contributed by atoms with Crippen LogP contribution in [-0.2, 0) is 6.61 Å². The van der Waals surface area contributed by atoms with E-state index >= 15 is 0 Å². The fraction of sp³-hybridized carbons (Fsp3) is 0.294. The third-order valence-electron chi connectivity index (χ3n) is 3.96. The van der Waals surface area contributed by atoms with Crippen molar-refractivity contribution in [1.82, 2.24) is 0 Å². The largest absolute Gasteiger partial charge is 0.392 e. The zero-order chi connectivity index (χ0) is 13.1. The van der Waals surface area contributed by atoms with E-state index < -0.39 is 0 Å². The van der Waals surface area contributed by atoms with E-state index in [1.807, 2.05) is 18.2 Å². The molecule has 2 heteroatoms. The van der Waals surface area contributed by atoms with Crippen LogP contribution in [0.2, 0.25) is 0 Å². The van der Waals surface area contributed by atoms with Gasteiger partial charge in [-0.15, -0.1) is 0 Å². The van der Waals surface area contributed by atoms with Gasteiger partial charge in [0.1, 0.15) is 0 Å². The third-order valence-corrected chi connectivity index (χ3v) is 3.96. The number of hydrogen-bond donors (Lipinski definition) is 1. The molecule has 0 saturated carbocycles. The Balaban J connectivity index is 1.79. The summed E-state index contributed by atoms with van der Waals surface area (Å²) in [6.07, 6.45) is 1.18. The van der Waals surface area contributed by atoms with Crippen molar-refractivity contribution >= 4 is 5.69 Å². The van der Waals surface area contributed by atoms with Crippen molar-refractivity contribution < 1.29 is 5.11 Å². The van der Waals surface area contributed by atoms with Crippen molar-refractivity contribution in [1.29, 1.82) is 0 Å². The Bertz CT molecular complexity index is 538. The summed E-state index contributed by atoms with van der Waals surface area (Å²) in [4.78, 5) is 2.39. The van der Waals surface area contributed by atoms with Crippen LogP contribution < -0.4 is 4.90 Å². The van der Waals surface area contributed by atoms with E-state index in [1.165, 1.54) is 17.7 Å². The third kappa shape index (κ3) is 2.49. The Morgan fingerprint density at radius 2 is 1.74 bits per heavy atom. The second-order valence-electron chi connectivity index (χ2n) is 5.13. The summed E-state index contributed by atoms with van der Waals surface area (Å²) in [5.41, 5.74) is 3.63. The van der Waals surface area contributed by atoms with Crippen molar-refractivity contribution in [2.24, 2.45) is 0 Å². The van der Waals surface area contributed by atoms with Gasteiger partial charge in [0.25, 0.3) is 0 Å². The first-order valence-corrected chi connectivity index (χ1v) is 6.87. The predicted octanol–water partition coefficient (Wildman–Crippen LogP) is 3.17. The molecule has 3 rings (SSSR count). The van der Waals surface area contributed by atoms with Crippen LogP contribution in [0.1, 0.15) is 23.5 Å². The summed E-state index contributed by atoms with van der Waals surface area (Å²) >= 11 is 0. The number of aliphatic hydroxyl groups is 1. The summed E-state index contributed by atoms with van der Waals surface area (Å²) < 4.78 is 0. The maximum absolute atomic E-state index is 9.44. The standard InChI is InChI=1S/C17H19NO/c19-13-16-8-4-5-9-17(16)18-11-10-15(12-18)14-6-2-1-3-7-14/h1-9,15,19H,10-13H2. The minimum Gasteiger partial charge on any atom is -0.392 e. The molecule has 2 aromatic carbocycles. The first kappa shape index (κ1) is 12.2. The number of nitrogens with zero attached hydrogens (tertiary/aromatic N) is 1. The maximum Gasteiger partial charge on any atom is 0.0702 e. The van der Waals surface area contributed by atoms with Gasteiger partial charge in [0, 0.05) is 30.3 Å². The zero-order valence-corrected chi connectivity index (χ0v) is 11.0. The molecule has 1 saturated heterocycles. The maximum atomic E-state index is 9.44. The highest BCUT2D eigenvalue weighted by Gasteiger charge is 2.24. The van der Waals surface area contributed by atoms with Crippen molar-refractivity contribution in [3.05, 3.63) is 65.7 Å². The van der Waals surface area contributed by atoms with Crippen LogP contribution in [0.5, 0.6) is 0 Å². The molecule has 2 nitrogen and oxygen atoms in total. The van der Waals surface area contributed by atoms with Crippen molar-refractivity contribution in [2.45, 2.75) is 18.9 Å². The Labute approximate surface area is 114 Å². The topological polar surface area (TPSA) is 23.5 Å². The fourth-order valence-corrected chi connectivity index (χ4v) is 2.93. The molecule has 1 aliphatic heterocycles. The lowest BCUT2D eigenvalue weighted by Gasteiger charge is -2.21. The molecule has 19 heavy (non-hydrogen) atoms. The quantitative estimate of drug-likeness (QED) is 0.908.